The molecule has 1 aliphatic heterocycles. The summed E-state index contributed by atoms with van der Waals surface area (Å²) in [4.78, 5) is 16.1. The molecule has 1 aromatic rings. The van der Waals surface area contributed by atoms with Gasteiger partial charge in [0.1, 0.15) is 12.3 Å². The summed E-state index contributed by atoms with van der Waals surface area (Å²) in [5, 5.41) is 0. The zero-order chi connectivity index (χ0) is 16.9. The Bertz CT molecular complexity index is 498. The lowest BCUT2D eigenvalue weighted by molar-refractivity contribution is -0.921. The second-order valence-electron chi connectivity index (χ2n) is 7.53. The van der Waals surface area contributed by atoms with Crippen molar-refractivity contribution in [1.82, 2.24) is 9.80 Å². The quantitative estimate of drug-likeness (QED) is 0.789. The maximum atomic E-state index is 11.2. The summed E-state index contributed by atoms with van der Waals surface area (Å²) >= 11 is 0. The largest absolute Gasteiger partial charge is 0.320 e. The number of hydrogen-bond acceptors (Lipinski definition) is 3. The summed E-state index contributed by atoms with van der Waals surface area (Å²) in [6.07, 6.45) is 0.544. The molecule has 1 saturated heterocycles. The van der Waals surface area contributed by atoms with Crippen LogP contribution in [0.25, 0.3) is 0 Å². The van der Waals surface area contributed by atoms with Crippen LogP contribution in [-0.2, 0) is 17.8 Å². The van der Waals surface area contributed by atoms with Gasteiger partial charge in [0, 0.05) is 38.2 Å². The number of ketones is 1. The third kappa shape index (κ3) is 6.05. The van der Waals surface area contributed by atoms with Gasteiger partial charge in [-0.25, -0.2) is 0 Å². The molecule has 4 nitrogen and oxygen atoms in total. The highest BCUT2D eigenvalue weighted by Crippen LogP contribution is 2.15. The molecule has 0 aliphatic carbocycles. The van der Waals surface area contributed by atoms with Crippen LogP contribution in [0.4, 0.5) is 0 Å². The molecule has 0 N–H and O–H groups in total. The third-order valence-electron chi connectivity index (χ3n) is 4.95. The normalized spacial score (nSPS) is 20.5. The van der Waals surface area contributed by atoms with Gasteiger partial charge in [0.15, 0.2) is 0 Å². The Hall–Kier alpha value is -1.23. The molecule has 0 atom stereocenters. The predicted molar refractivity (Wildman–Crippen MR) is 95.4 cm³/mol. The zero-order valence-electron chi connectivity index (χ0n) is 15.2. The number of nitrogens with zero attached hydrogens (tertiary/aromatic N) is 3. The van der Waals surface area contributed by atoms with Crippen LogP contribution in [0.15, 0.2) is 24.3 Å². The minimum Gasteiger partial charge on any atom is -0.320 e. The highest BCUT2D eigenvalue weighted by molar-refractivity contribution is 5.78. The number of benzene rings is 1. The maximum absolute atomic E-state index is 11.2. The van der Waals surface area contributed by atoms with Crippen LogP contribution < -0.4 is 0 Å². The van der Waals surface area contributed by atoms with Gasteiger partial charge in [-0.15, -0.1) is 0 Å². The van der Waals surface area contributed by atoms with Crippen molar-refractivity contribution in [2.24, 2.45) is 0 Å². The van der Waals surface area contributed by atoms with Gasteiger partial charge in [-0.05, 0) is 26.6 Å². The van der Waals surface area contributed by atoms with Gasteiger partial charge < -0.3 is 4.48 Å². The summed E-state index contributed by atoms with van der Waals surface area (Å²) < 4.78 is 1.07. The minimum atomic E-state index is 0.225. The standard InChI is InChI=1S/C19H32N3O/c1-17(23)15-18-5-7-19(8-6-18)16-22(4)13-11-20(2)9-10-21(3)12-14-22/h5-8H,9-16H2,1-4H3/q+1. The monoisotopic (exact) mass is 318 g/mol. The van der Waals surface area contributed by atoms with Crippen LogP contribution in [0, 0.1) is 0 Å². The van der Waals surface area contributed by atoms with Crippen molar-refractivity contribution in [3.8, 4) is 0 Å². The number of carbonyl (C=O) groups is 1. The van der Waals surface area contributed by atoms with Crippen LogP contribution in [0.1, 0.15) is 18.1 Å². The molecule has 0 spiro atoms. The highest BCUT2D eigenvalue weighted by Gasteiger charge is 2.24. The fourth-order valence-corrected chi connectivity index (χ4v) is 3.15. The Labute approximate surface area is 141 Å². The van der Waals surface area contributed by atoms with E-state index in [1.165, 1.54) is 18.7 Å². The van der Waals surface area contributed by atoms with E-state index >= 15 is 0 Å². The van der Waals surface area contributed by atoms with Crippen molar-refractivity contribution in [3.63, 3.8) is 0 Å². The van der Waals surface area contributed by atoms with Crippen LogP contribution in [0.2, 0.25) is 0 Å². The van der Waals surface area contributed by atoms with Crippen molar-refractivity contribution in [1.29, 1.82) is 0 Å². The van der Waals surface area contributed by atoms with E-state index in [9.17, 15) is 4.79 Å². The highest BCUT2D eigenvalue weighted by atomic mass is 16.1. The predicted octanol–water partition coefficient (Wildman–Crippen LogP) is 1.64. The smallest absolute Gasteiger partial charge is 0.134 e. The summed E-state index contributed by atoms with van der Waals surface area (Å²) in [6, 6.07) is 8.61. The van der Waals surface area contributed by atoms with Crippen LogP contribution in [0.3, 0.4) is 0 Å². The molecule has 2 rings (SSSR count). The Morgan fingerprint density at radius 2 is 1.43 bits per heavy atom. The van der Waals surface area contributed by atoms with Crippen molar-refractivity contribution in [2.75, 3.05) is 60.4 Å². The number of likely N-dealkylation sites (N-methyl/N-ethyl adjacent to an activating group) is 3. The molecular formula is C19H32N3O+. The molecule has 4 heteroatoms. The molecule has 128 valence electrons. The second-order valence-corrected chi connectivity index (χ2v) is 7.53. The van der Waals surface area contributed by atoms with Crippen molar-refractivity contribution in [3.05, 3.63) is 35.4 Å². The van der Waals surface area contributed by atoms with Crippen LogP contribution in [0.5, 0.6) is 0 Å². The van der Waals surface area contributed by atoms with Crippen LogP contribution >= 0.6 is 0 Å². The van der Waals surface area contributed by atoms with Gasteiger partial charge in [0.05, 0.1) is 20.1 Å². The Morgan fingerprint density at radius 3 is 1.91 bits per heavy atom. The van der Waals surface area contributed by atoms with E-state index < -0.39 is 0 Å². The number of Topliss-reactive ketones (excluding diaryl/α,β-unsaturated/α-hetero) is 1. The number of quaternary nitrogens is 1. The molecule has 0 amide bonds. The van der Waals surface area contributed by atoms with Gasteiger partial charge in [-0.1, -0.05) is 24.3 Å². The number of hydrogen-bond donors (Lipinski definition) is 0. The first-order chi connectivity index (χ1) is 10.9. The molecule has 0 saturated carbocycles. The van der Waals surface area contributed by atoms with Crippen molar-refractivity contribution < 1.29 is 9.28 Å². The Morgan fingerprint density at radius 1 is 0.957 bits per heavy atom. The summed E-state index contributed by atoms with van der Waals surface area (Å²) in [6.45, 7) is 9.66. The fourth-order valence-electron chi connectivity index (χ4n) is 3.15. The van der Waals surface area contributed by atoms with Gasteiger partial charge in [-0.3, -0.25) is 14.6 Å². The Balaban J connectivity index is 2.04. The van der Waals surface area contributed by atoms with Crippen molar-refractivity contribution in [2.45, 2.75) is 19.9 Å². The SMILES string of the molecule is CC(=O)Cc1ccc(C[N+]2(C)CCN(C)CCN(C)CC2)cc1. The molecule has 0 unspecified atom stereocenters. The first kappa shape index (κ1) is 18.1. The summed E-state index contributed by atoms with van der Waals surface area (Å²) in [7, 11) is 6.82. The number of carbonyl (C=O) groups excluding carboxylic acids is 1. The van der Waals surface area contributed by atoms with Gasteiger partial charge >= 0.3 is 0 Å². The lowest BCUT2D eigenvalue weighted by Crippen LogP contribution is -2.49. The van der Waals surface area contributed by atoms with Gasteiger partial charge in [-0.2, -0.15) is 0 Å². The average molecular weight is 318 g/mol. The first-order valence-electron chi connectivity index (χ1n) is 8.64. The molecule has 0 bridgehead atoms. The minimum absolute atomic E-state index is 0.225. The molecule has 0 aromatic heterocycles. The summed E-state index contributed by atoms with van der Waals surface area (Å²) in [5.41, 5.74) is 2.48. The third-order valence-corrected chi connectivity index (χ3v) is 4.95. The molecule has 1 fully saturated rings. The van der Waals surface area contributed by atoms with Gasteiger partial charge in [0.2, 0.25) is 0 Å². The van der Waals surface area contributed by atoms with Crippen LogP contribution in [-0.4, -0.2) is 80.5 Å². The topological polar surface area (TPSA) is 23.6 Å². The van der Waals surface area contributed by atoms with Gasteiger partial charge in [0.25, 0.3) is 0 Å². The molecule has 1 aromatic carbocycles. The molecular weight excluding hydrogens is 286 g/mol. The zero-order valence-corrected chi connectivity index (χ0v) is 15.2. The van der Waals surface area contributed by atoms with E-state index in [1.807, 2.05) is 0 Å². The second kappa shape index (κ2) is 8.04. The van der Waals surface area contributed by atoms with Crippen molar-refractivity contribution >= 4 is 5.78 Å². The maximum Gasteiger partial charge on any atom is 0.134 e. The van der Waals surface area contributed by atoms with E-state index in [-0.39, 0.29) is 5.78 Å². The van der Waals surface area contributed by atoms with E-state index in [4.69, 9.17) is 0 Å². The van der Waals surface area contributed by atoms with E-state index in [1.54, 1.807) is 6.92 Å². The average Bonchev–Trinajstić information content (AvgIpc) is 2.55. The van der Waals surface area contributed by atoms with E-state index in [2.05, 4.69) is 55.2 Å². The molecule has 0 radical (unpaired) electrons. The lowest BCUT2D eigenvalue weighted by Gasteiger charge is -2.36. The fraction of sp³-hybridized carbons (Fsp3) is 0.632. The molecule has 1 aliphatic rings. The number of rotatable bonds is 4. The Kier molecular flexibility index (Phi) is 6.33. The van der Waals surface area contributed by atoms with E-state index in [0.717, 1.165) is 42.8 Å². The lowest BCUT2D eigenvalue weighted by atomic mass is 10.1. The molecule has 1 heterocycles. The van der Waals surface area contributed by atoms with E-state index in [0.29, 0.717) is 6.42 Å². The molecule has 23 heavy (non-hydrogen) atoms. The first-order valence-corrected chi connectivity index (χ1v) is 8.64. The summed E-state index contributed by atoms with van der Waals surface area (Å²) in [5.74, 6) is 0.225.